The van der Waals surface area contributed by atoms with E-state index in [1.165, 1.54) is 29.5 Å². The number of rotatable bonds is 6. The van der Waals surface area contributed by atoms with E-state index in [1.54, 1.807) is 0 Å². The van der Waals surface area contributed by atoms with Crippen molar-refractivity contribution in [2.45, 2.75) is 39.5 Å². The number of aromatic nitrogens is 1. The van der Waals surface area contributed by atoms with Crippen LogP contribution < -0.4 is 5.32 Å². The highest BCUT2D eigenvalue weighted by Gasteiger charge is 2.41. The molecular weight excluding hydrogens is 260 g/mol. The predicted molar refractivity (Wildman–Crippen MR) is 87.7 cm³/mol. The van der Waals surface area contributed by atoms with Crippen LogP contribution in [-0.4, -0.2) is 23.2 Å². The zero-order chi connectivity index (χ0) is 14.9. The summed E-state index contributed by atoms with van der Waals surface area (Å²) in [6.45, 7) is 5.52. The molecule has 1 heterocycles. The van der Waals surface area contributed by atoms with E-state index in [0.717, 1.165) is 30.6 Å². The van der Waals surface area contributed by atoms with Gasteiger partial charge in [-0.05, 0) is 49.7 Å². The average molecular weight is 284 g/mol. The summed E-state index contributed by atoms with van der Waals surface area (Å²) in [4.78, 5) is 4.72. The van der Waals surface area contributed by atoms with Gasteiger partial charge in [0.05, 0.1) is 5.52 Å². The molecule has 0 amide bonds. The molecule has 0 atom stereocenters. The molecule has 3 rings (SSSR count). The van der Waals surface area contributed by atoms with Crippen molar-refractivity contribution in [3.63, 3.8) is 0 Å². The van der Waals surface area contributed by atoms with Crippen molar-refractivity contribution in [1.29, 1.82) is 0 Å². The van der Waals surface area contributed by atoms with Gasteiger partial charge in [-0.25, -0.2) is 0 Å². The number of nitrogens with zero attached hydrogens (tertiary/aromatic N) is 1. The molecule has 1 fully saturated rings. The number of hydrogen-bond acceptors (Lipinski definition) is 3. The van der Waals surface area contributed by atoms with E-state index in [2.05, 4.69) is 37.4 Å². The summed E-state index contributed by atoms with van der Waals surface area (Å²) >= 11 is 0. The molecule has 0 aliphatic heterocycles. The summed E-state index contributed by atoms with van der Waals surface area (Å²) in [5.74, 6) is 0. The van der Waals surface area contributed by atoms with Crippen LogP contribution in [0.25, 0.3) is 10.9 Å². The van der Waals surface area contributed by atoms with Crippen molar-refractivity contribution in [2.24, 2.45) is 5.41 Å². The lowest BCUT2D eigenvalue weighted by molar-refractivity contribution is 0.253. The van der Waals surface area contributed by atoms with Gasteiger partial charge in [-0.1, -0.05) is 25.1 Å². The number of aliphatic hydroxyl groups is 1. The van der Waals surface area contributed by atoms with Gasteiger partial charge >= 0.3 is 0 Å². The standard InChI is InChI=1S/C18H24N2O/c1-3-14-13(2)20-16-7-5-4-6-15(16)17(14)19-12-18(8-9-18)10-11-21/h4-7,21H,3,8-12H2,1-2H3,(H,19,20). The maximum Gasteiger partial charge on any atom is 0.0726 e. The predicted octanol–water partition coefficient (Wildman–Crippen LogP) is 3.68. The summed E-state index contributed by atoms with van der Waals surface area (Å²) < 4.78 is 0. The number of pyridine rings is 1. The molecule has 1 aliphatic carbocycles. The zero-order valence-electron chi connectivity index (χ0n) is 12.9. The summed E-state index contributed by atoms with van der Waals surface area (Å²) in [5.41, 5.74) is 5.05. The molecule has 1 aliphatic rings. The van der Waals surface area contributed by atoms with Gasteiger partial charge in [0.25, 0.3) is 0 Å². The number of aryl methyl sites for hydroxylation is 1. The lowest BCUT2D eigenvalue weighted by Gasteiger charge is -2.20. The van der Waals surface area contributed by atoms with E-state index in [4.69, 9.17) is 4.98 Å². The fourth-order valence-electron chi connectivity index (χ4n) is 3.21. The molecule has 1 aromatic carbocycles. The Hall–Kier alpha value is -1.61. The molecule has 1 aromatic heterocycles. The summed E-state index contributed by atoms with van der Waals surface area (Å²) in [6.07, 6.45) is 4.34. The normalized spacial score (nSPS) is 16.1. The molecule has 3 heteroatoms. The van der Waals surface area contributed by atoms with E-state index in [9.17, 15) is 5.11 Å². The lowest BCUT2D eigenvalue weighted by Crippen LogP contribution is -2.18. The van der Waals surface area contributed by atoms with Gasteiger partial charge in [-0.3, -0.25) is 4.98 Å². The van der Waals surface area contributed by atoms with Crippen LogP contribution in [0.5, 0.6) is 0 Å². The number of hydrogen-bond donors (Lipinski definition) is 2. The first-order valence-electron chi connectivity index (χ1n) is 7.92. The van der Waals surface area contributed by atoms with E-state index in [0.29, 0.717) is 12.0 Å². The van der Waals surface area contributed by atoms with Crippen molar-refractivity contribution >= 4 is 16.6 Å². The number of nitrogens with one attached hydrogen (secondary N) is 1. The SMILES string of the molecule is CCc1c(C)nc2ccccc2c1NCC1(CCO)CC1. The molecule has 0 unspecified atom stereocenters. The molecule has 112 valence electrons. The Labute approximate surface area is 126 Å². The van der Waals surface area contributed by atoms with Crippen LogP contribution in [-0.2, 0) is 6.42 Å². The first-order valence-corrected chi connectivity index (χ1v) is 7.92. The highest BCUT2D eigenvalue weighted by molar-refractivity contribution is 5.93. The topological polar surface area (TPSA) is 45.2 Å². The van der Waals surface area contributed by atoms with Crippen molar-refractivity contribution < 1.29 is 5.11 Å². The highest BCUT2D eigenvalue weighted by atomic mass is 16.3. The fourth-order valence-corrected chi connectivity index (χ4v) is 3.21. The van der Waals surface area contributed by atoms with Gasteiger partial charge in [0.2, 0.25) is 0 Å². The van der Waals surface area contributed by atoms with Gasteiger partial charge in [-0.15, -0.1) is 0 Å². The maximum absolute atomic E-state index is 9.22. The first kappa shape index (κ1) is 14.3. The molecule has 3 nitrogen and oxygen atoms in total. The van der Waals surface area contributed by atoms with Crippen LogP contribution in [0, 0.1) is 12.3 Å². The second-order valence-electron chi connectivity index (χ2n) is 6.25. The summed E-state index contributed by atoms with van der Waals surface area (Å²) in [5, 5.41) is 14.1. The quantitative estimate of drug-likeness (QED) is 0.850. The van der Waals surface area contributed by atoms with Crippen LogP contribution in [0.4, 0.5) is 5.69 Å². The van der Waals surface area contributed by atoms with Gasteiger partial charge in [0, 0.05) is 29.9 Å². The van der Waals surface area contributed by atoms with Crippen LogP contribution >= 0.6 is 0 Å². The monoisotopic (exact) mass is 284 g/mol. The van der Waals surface area contributed by atoms with E-state index in [1.807, 2.05) is 6.07 Å². The van der Waals surface area contributed by atoms with Crippen LogP contribution in [0.1, 0.15) is 37.4 Å². The van der Waals surface area contributed by atoms with Crippen LogP contribution in [0.15, 0.2) is 24.3 Å². The molecule has 0 radical (unpaired) electrons. The fraction of sp³-hybridized carbons (Fsp3) is 0.500. The minimum Gasteiger partial charge on any atom is -0.396 e. The van der Waals surface area contributed by atoms with E-state index in [-0.39, 0.29) is 0 Å². The zero-order valence-corrected chi connectivity index (χ0v) is 12.9. The molecule has 2 aromatic rings. The Kier molecular flexibility index (Phi) is 3.85. The Morgan fingerprint density at radius 3 is 2.71 bits per heavy atom. The summed E-state index contributed by atoms with van der Waals surface area (Å²) in [7, 11) is 0. The smallest absolute Gasteiger partial charge is 0.0726 e. The van der Waals surface area contributed by atoms with Gasteiger partial charge < -0.3 is 10.4 Å². The van der Waals surface area contributed by atoms with E-state index < -0.39 is 0 Å². The van der Waals surface area contributed by atoms with Crippen molar-refractivity contribution in [3.05, 3.63) is 35.5 Å². The van der Waals surface area contributed by atoms with Crippen molar-refractivity contribution in [1.82, 2.24) is 4.98 Å². The second-order valence-corrected chi connectivity index (χ2v) is 6.25. The third kappa shape index (κ3) is 2.75. The average Bonchev–Trinajstić information content (AvgIpc) is 3.25. The molecular formula is C18H24N2O. The van der Waals surface area contributed by atoms with Crippen molar-refractivity contribution in [2.75, 3.05) is 18.5 Å². The Morgan fingerprint density at radius 1 is 1.29 bits per heavy atom. The molecule has 0 bridgehead atoms. The number of fused-ring (bicyclic) bond motifs is 1. The number of para-hydroxylation sites is 1. The maximum atomic E-state index is 9.22. The molecule has 0 spiro atoms. The van der Waals surface area contributed by atoms with Gasteiger partial charge in [0.15, 0.2) is 0 Å². The Morgan fingerprint density at radius 2 is 2.05 bits per heavy atom. The third-order valence-corrected chi connectivity index (χ3v) is 4.79. The van der Waals surface area contributed by atoms with Crippen molar-refractivity contribution in [3.8, 4) is 0 Å². The number of aliphatic hydroxyl groups excluding tert-OH is 1. The van der Waals surface area contributed by atoms with Gasteiger partial charge in [0.1, 0.15) is 0 Å². The second kappa shape index (κ2) is 5.64. The third-order valence-electron chi connectivity index (χ3n) is 4.79. The minimum atomic E-state index is 0.290. The van der Waals surface area contributed by atoms with Gasteiger partial charge in [-0.2, -0.15) is 0 Å². The first-order chi connectivity index (χ1) is 10.2. The highest BCUT2D eigenvalue weighted by Crippen LogP contribution is 2.48. The molecule has 2 N–H and O–H groups in total. The van der Waals surface area contributed by atoms with E-state index >= 15 is 0 Å². The Balaban J connectivity index is 1.95. The largest absolute Gasteiger partial charge is 0.396 e. The number of benzene rings is 1. The molecule has 0 saturated heterocycles. The summed E-state index contributed by atoms with van der Waals surface area (Å²) in [6, 6.07) is 8.34. The molecule has 1 saturated carbocycles. The van der Waals surface area contributed by atoms with Crippen LogP contribution in [0.2, 0.25) is 0 Å². The van der Waals surface area contributed by atoms with Crippen LogP contribution in [0.3, 0.4) is 0 Å². The lowest BCUT2D eigenvalue weighted by atomic mass is 10.0. The Bertz CT molecular complexity index is 647. The molecule has 21 heavy (non-hydrogen) atoms. The minimum absolute atomic E-state index is 0.290. The number of anilines is 1.